The fourth-order valence-electron chi connectivity index (χ4n) is 1.91. The van der Waals surface area contributed by atoms with Crippen molar-refractivity contribution in [1.82, 2.24) is 15.1 Å². The number of nitrogens with zero attached hydrogens (tertiary/aromatic N) is 3. The van der Waals surface area contributed by atoms with Gasteiger partial charge in [-0.05, 0) is 25.1 Å². The van der Waals surface area contributed by atoms with E-state index in [1.807, 2.05) is 0 Å². The first-order valence-corrected chi connectivity index (χ1v) is 7.78. The lowest BCUT2D eigenvalue weighted by Crippen LogP contribution is -2.29. The van der Waals surface area contributed by atoms with E-state index in [1.165, 1.54) is 16.7 Å². The van der Waals surface area contributed by atoms with Crippen molar-refractivity contribution in [2.45, 2.75) is 17.4 Å². The van der Waals surface area contributed by atoms with Crippen molar-refractivity contribution < 1.29 is 18.7 Å². The second-order valence-corrected chi connectivity index (χ2v) is 6.23. The Balaban J connectivity index is 2.17. The largest absolute Gasteiger partial charge is 0.493 e. The molecular weight excluding hydrogens is 318 g/mol. The molecule has 7 nitrogen and oxygen atoms in total. The van der Waals surface area contributed by atoms with E-state index in [-0.39, 0.29) is 11.2 Å². The molecule has 0 aliphatic carbocycles. The predicted octanol–water partition coefficient (Wildman–Crippen LogP) is 2.32. The van der Waals surface area contributed by atoms with Crippen molar-refractivity contribution in [1.29, 1.82) is 0 Å². The third-order valence-corrected chi connectivity index (χ3v) is 4.02. The summed E-state index contributed by atoms with van der Waals surface area (Å²) in [6, 6.07) is 5.33. The zero-order chi connectivity index (χ0) is 17.0. The van der Waals surface area contributed by atoms with Crippen LogP contribution in [0.4, 0.5) is 0 Å². The molecule has 0 saturated carbocycles. The summed E-state index contributed by atoms with van der Waals surface area (Å²) in [4.78, 5) is 13.4. The van der Waals surface area contributed by atoms with Crippen LogP contribution in [-0.2, 0) is 4.79 Å². The molecule has 0 radical (unpaired) electrons. The zero-order valence-corrected chi connectivity index (χ0v) is 14.5. The van der Waals surface area contributed by atoms with Gasteiger partial charge in [-0.15, -0.1) is 10.2 Å². The minimum atomic E-state index is -0.302. The highest BCUT2D eigenvalue weighted by Crippen LogP contribution is 2.33. The van der Waals surface area contributed by atoms with Crippen LogP contribution in [0, 0.1) is 0 Å². The third-order valence-electron chi connectivity index (χ3n) is 3.10. The van der Waals surface area contributed by atoms with Gasteiger partial charge in [-0.2, -0.15) is 0 Å². The Kier molecular flexibility index (Phi) is 5.49. The molecule has 0 N–H and O–H groups in total. The Labute approximate surface area is 139 Å². The number of benzene rings is 1. The number of methoxy groups -OCH3 is 2. The highest BCUT2D eigenvalue weighted by molar-refractivity contribution is 8.00. The summed E-state index contributed by atoms with van der Waals surface area (Å²) in [6.45, 7) is 1.80. The Bertz CT molecular complexity index is 687. The van der Waals surface area contributed by atoms with Crippen LogP contribution in [0.3, 0.4) is 0 Å². The van der Waals surface area contributed by atoms with Gasteiger partial charge < -0.3 is 18.8 Å². The SMILES string of the molecule is COc1ccc(-c2nnc(S[C@H](C)C(=O)N(C)C)o2)cc1OC. The maximum absolute atomic E-state index is 11.9. The van der Waals surface area contributed by atoms with Crippen LogP contribution in [0.2, 0.25) is 0 Å². The minimum absolute atomic E-state index is 0.0131. The highest BCUT2D eigenvalue weighted by Gasteiger charge is 2.20. The number of thioether (sulfide) groups is 1. The molecule has 0 bridgehead atoms. The van der Waals surface area contributed by atoms with Gasteiger partial charge in [0.2, 0.25) is 11.8 Å². The van der Waals surface area contributed by atoms with Crippen molar-refractivity contribution in [3.05, 3.63) is 18.2 Å². The van der Waals surface area contributed by atoms with Crippen LogP contribution in [-0.4, -0.2) is 54.6 Å². The molecular formula is C15H19N3O4S. The average molecular weight is 337 g/mol. The van der Waals surface area contributed by atoms with E-state index in [9.17, 15) is 4.79 Å². The van der Waals surface area contributed by atoms with Gasteiger partial charge in [0.15, 0.2) is 11.5 Å². The lowest BCUT2D eigenvalue weighted by molar-refractivity contribution is -0.127. The summed E-state index contributed by atoms with van der Waals surface area (Å²) < 4.78 is 16.1. The third kappa shape index (κ3) is 3.95. The van der Waals surface area contributed by atoms with Crippen molar-refractivity contribution in [2.75, 3.05) is 28.3 Å². The molecule has 0 spiro atoms. The smallest absolute Gasteiger partial charge is 0.277 e. The van der Waals surface area contributed by atoms with Crippen molar-refractivity contribution >= 4 is 17.7 Å². The van der Waals surface area contributed by atoms with E-state index in [2.05, 4.69) is 10.2 Å². The molecule has 0 saturated heterocycles. The first-order chi connectivity index (χ1) is 11.0. The number of carbonyl (C=O) groups is 1. The second-order valence-electron chi connectivity index (χ2n) is 4.94. The molecule has 1 aromatic heterocycles. The molecule has 2 rings (SSSR count). The fraction of sp³-hybridized carbons (Fsp3) is 0.400. The number of amides is 1. The molecule has 23 heavy (non-hydrogen) atoms. The quantitative estimate of drug-likeness (QED) is 0.749. The summed E-state index contributed by atoms with van der Waals surface area (Å²) in [5.74, 6) is 1.54. The number of carbonyl (C=O) groups excluding carboxylic acids is 1. The highest BCUT2D eigenvalue weighted by atomic mass is 32.2. The van der Waals surface area contributed by atoms with Crippen LogP contribution < -0.4 is 9.47 Å². The molecule has 1 heterocycles. The van der Waals surface area contributed by atoms with Crippen LogP contribution in [0.15, 0.2) is 27.8 Å². The molecule has 1 aromatic carbocycles. The normalized spacial score (nSPS) is 11.9. The van der Waals surface area contributed by atoms with Crippen molar-refractivity contribution in [3.63, 3.8) is 0 Å². The van der Waals surface area contributed by atoms with Crippen LogP contribution in [0.5, 0.6) is 11.5 Å². The van der Waals surface area contributed by atoms with E-state index in [4.69, 9.17) is 13.9 Å². The van der Waals surface area contributed by atoms with E-state index in [0.717, 1.165) is 0 Å². The van der Waals surface area contributed by atoms with E-state index in [0.29, 0.717) is 28.2 Å². The zero-order valence-electron chi connectivity index (χ0n) is 13.7. The van der Waals surface area contributed by atoms with Crippen LogP contribution >= 0.6 is 11.8 Å². The predicted molar refractivity (Wildman–Crippen MR) is 86.9 cm³/mol. The van der Waals surface area contributed by atoms with E-state index < -0.39 is 0 Å². The summed E-state index contributed by atoms with van der Waals surface area (Å²) in [5, 5.41) is 8.03. The van der Waals surface area contributed by atoms with Gasteiger partial charge in [0.05, 0.1) is 19.5 Å². The molecule has 0 fully saturated rings. The number of ether oxygens (including phenoxy) is 2. The Morgan fingerprint density at radius 1 is 1.22 bits per heavy atom. The van der Waals surface area contributed by atoms with Gasteiger partial charge in [-0.3, -0.25) is 4.79 Å². The summed E-state index contributed by atoms with van der Waals surface area (Å²) in [7, 11) is 6.55. The van der Waals surface area contributed by atoms with Gasteiger partial charge in [0, 0.05) is 19.7 Å². The molecule has 0 aliphatic heterocycles. The summed E-state index contributed by atoms with van der Waals surface area (Å²) in [5.41, 5.74) is 0.716. The Hall–Kier alpha value is -2.22. The van der Waals surface area contributed by atoms with Crippen molar-refractivity contribution in [2.24, 2.45) is 0 Å². The second kappa shape index (κ2) is 7.36. The maximum atomic E-state index is 11.9. The average Bonchev–Trinajstić information content (AvgIpc) is 3.01. The lowest BCUT2D eigenvalue weighted by atomic mass is 10.2. The van der Waals surface area contributed by atoms with Gasteiger partial charge >= 0.3 is 0 Å². The van der Waals surface area contributed by atoms with Crippen molar-refractivity contribution in [3.8, 4) is 23.0 Å². The van der Waals surface area contributed by atoms with Crippen LogP contribution in [0.1, 0.15) is 6.92 Å². The molecule has 2 aromatic rings. The van der Waals surface area contributed by atoms with E-state index >= 15 is 0 Å². The first kappa shape index (κ1) is 17.1. The van der Waals surface area contributed by atoms with E-state index in [1.54, 1.807) is 53.4 Å². The molecule has 0 unspecified atom stereocenters. The summed E-state index contributed by atoms with van der Waals surface area (Å²) >= 11 is 1.23. The molecule has 0 aliphatic rings. The topological polar surface area (TPSA) is 77.7 Å². The molecule has 124 valence electrons. The number of aromatic nitrogens is 2. The van der Waals surface area contributed by atoms with Gasteiger partial charge in [0.1, 0.15) is 0 Å². The van der Waals surface area contributed by atoms with Crippen LogP contribution in [0.25, 0.3) is 11.5 Å². The summed E-state index contributed by atoms with van der Waals surface area (Å²) in [6.07, 6.45) is 0. The number of hydrogen-bond acceptors (Lipinski definition) is 7. The molecule has 1 atom stereocenters. The van der Waals surface area contributed by atoms with Gasteiger partial charge in [0.25, 0.3) is 5.22 Å². The fourth-order valence-corrected chi connectivity index (χ4v) is 2.74. The molecule has 1 amide bonds. The molecule has 8 heteroatoms. The monoisotopic (exact) mass is 337 g/mol. The minimum Gasteiger partial charge on any atom is -0.493 e. The standard InChI is InChI=1S/C15H19N3O4S/c1-9(14(19)18(2)3)23-15-17-16-13(22-15)10-6-7-11(20-4)12(8-10)21-5/h6-9H,1-5H3/t9-/m1/s1. The lowest BCUT2D eigenvalue weighted by Gasteiger charge is -2.14. The Morgan fingerprint density at radius 2 is 1.91 bits per heavy atom. The van der Waals surface area contributed by atoms with Gasteiger partial charge in [-0.25, -0.2) is 0 Å². The Morgan fingerprint density at radius 3 is 2.52 bits per heavy atom. The number of rotatable bonds is 6. The van der Waals surface area contributed by atoms with Gasteiger partial charge in [-0.1, -0.05) is 11.8 Å². The maximum Gasteiger partial charge on any atom is 0.277 e. The number of hydrogen-bond donors (Lipinski definition) is 0. The first-order valence-electron chi connectivity index (χ1n) is 6.90.